The molecule has 0 saturated heterocycles. The van der Waals surface area contributed by atoms with Gasteiger partial charge in [-0.1, -0.05) is 24.3 Å². The van der Waals surface area contributed by atoms with Gasteiger partial charge in [0.2, 0.25) is 5.91 Å². The van der Waals surface area contributed by atoms with Crippen LogP contribution in [0.25, 0.3) is 6.08 Å². The number of halogens is 2. The first-order chi connectivity index (χ1) is 6.59. The molecule has 1 aromatic rings. The van der Waals surface area contributed by atoms with Crippen LogP contribution in [0.1, 0.15) is 17.6 Å². The van der Waals surface area contributed by atoms with Crippen molar-refractivity contribution in [3.05, 3.63) is 41.5 Å². The number of amides is 1. The van der Waals surface area contributed by atoms with Gasteiger partial charge in [0.05, 0.1) is 0 Å². The molecule has 0 aromatic heterocycles. The Morgan fingerprint density at radius 2 is 1.86 bits per heavy atom. The van der Waals surface area contributed by atoms with Gasteiger partial charge in [-0.15, -0.1) is 0 Å². The zero-order valence-corrected chi connectivity index (χ0v) is 7.28. The summed E-state index contributed by atoms with van der Waals surface area (Å²) in [4.78, 5) is 10.4. The number of carbonyl (C=O) groups excluding carboxylic acids is 1. The molecule has 2 nitrogen and oxygen atoms in total. The molecule has 0 fully saturated rings. The molecule has 0 aliphatic heterocycles. The van der Waals surface area contributed by atoms with E-state index in [4.69, 9.17) is 5.73 Å². The van der Waals surface area contributed by atoms with Crippen molar-refractivity contribution in [1.29, 1.82) is 0 Å². The Labute approximate surface area is 80.0 Å². The Morgan fingerprint density at radius 1 is 1.29 bits per heavy atom. The maximum absolute atomic E-state index is 12.1. The molecule has 0 radical (unpaired) electrons. The second kappa shape index (κ2) is 4.50. The lowest BCUT2D eigenvalue weighted by Gasteiger charge is -1.98. The second-order valence-corrected chi connectivity index (χ2v) is 2.70. The van der Waals surface area contributed by atoms with Crippen LogP contribution in [0.2, 0.25) is 0 Å². The highest BCUT2D eigenvalue weighted by atomic mass is 19.3. The monoisotopic (exact) mass is 197 g/mol. The molecule has 0 spiro atoms. The number of rotatable bonds is 3. The average molecular weight is 197 g/mol. The highest BCUT2D eigenvalue weighted by Crippen LogP contribution is 2.18. The standard InChI is InChI=1S/C10H9F2NO/c11-10(12)8-4-1-7(2-5-8)3-6-9(13)14/h1-6,10H,(H2,13,14). The first-order valence-electron chi connectivity index (χ1n) is 3.95. The fourth-order valence-electron chi connectivity index (χ4n) is 0.931. The fraction of sp³-hybridized carbons (Fsp3) is 0.100. The molecule has 1 amide bonds. The zero-order chi connectivity index (χ0) is 10.6. The molecule has 1 rings (SSSR count). The number of primary amides is 1. The van der Waals surface area contributed by atoms with Gasteiger partial charge in [0, 0.05) is 11.6 Å². The molecule has 2 N–H and O–H groups in total. The van der Waals surface area contributed by atoms with Crippen molar-refractivity contribution in [2.45, 2.75) is 6.43 Å². The zero-order valence-electron chi connectivity index (χ0n) is 7.28. The van der Waals surface area contributed by atoms with Crippen LogP contribution in [0.5, 0.6) is 0 Å². The van der Waals surface area contributed by atoms with Crippen LogP contribution < -0.4 is 5.73 Å². The molecule has 0 aliphatic carbocycles. The van der Waals surface area contributed by atoms with Crippen LogP contribution in [-0.4, -0.2) is 5.91 Å². The van der Waals surface area contributed by atoms with E-state index in [0.29, 0.717) is 5.56 Å². The van der Waals surface area contributed by atoms with E-state index < -0.39 is 12.3 Å². The van der Waals surface area contributed by atoms with Crippen molar-refractivity contribution in [2.75, 3.05) is 0 Å². The molecular formula is C10H9F2NO. The summed E-state index contributed by atoms with van der Waals surface area (Å²) in [6.45, 7) is 0. The van der Waals surface area contributed by atoms with Gasteiger partial charge in [0.1, 0.15) is 0 Å². The average Bonchev–Trinajstić information content (AvgIpc) is 2.15. The number of benzene rings is 1. The van der Waals surface area contributed by atoms with E-state index in [1.54, 1.807) is 0 Å². The molecule has 0 bridgehead atoms. The number of carbonyl (C=O) groups is 1. The summed E-state index contributed by atoms with van der Waals surface area (Å²) in [5, 5.41) is 0. The van der Waals surface area contributed by atoms with Crippen LogP contribution >= 0.6 is 0 Å². The normalized spacial score (nSPS) is 11.1. The first kappa shape index (κ1) is 10.4. The molecule has 0 unspecified atom stereocenters. The van der Waals surface area contributed by atoms with E-state index in [0.717, 1.165) is 0 Å². The highest BCUT2D eigenvalue weighted by Gasteiger charge is 2.04. The summed E-state index contributed by atoms with van der Waals surface area (Å²) in [6, 6.07) is 5.62. The predicted molar refractivity (Wildman–Crippen MR) is 49.6 cm³/mol. The predicted octanol–water partition coefficient (Wildman–Crippen LogP) is 2.12. The summed E-state index contributed by atoms with van der Waals surface area (Å²) < 4.78 is 24.2. The summed E-state index contributed by atoms with van der Waals surface area (Å²) in [6.07, 6.45) is 0.179. The molecule has 0 atom stereocenters. The molecule has 4 heteroatoms. The Kier molecular flexibility index (Phi) is 3.34. The van der Waals surface area contributed by atoms with Gasteiger partial charge >= 0.3 is 0 Å². The van der Waals surface area contributed by atoms with E-state index in [2.05, 4.69) is 0 Å². The highest BCUT2D eigenvalue weighted by molar-refractivity contribution is 5.90. The quantitative estimate of drug-likeness (QED) is 0.741. The molecule has 0 aliphatic rings. The lowest BCUT2D eigenvalue weighted by atomic mass is 10.1. The van der Waals surface area contributed by atoms with Crippen molar-refractivity contribution in [1.82, 2.24) is 0 Å². The molecule has 74 valence electrons. The van der Waals surface area contributed by atoms with Crippen LogP contribution in [-0.2, 0) is 4.79 Å². The van der Waals surface area contributed by atoms with Crippen molar-refractivity contribution >= 4 is 12.0 Å². The van der Waals surface area contributed by atoms with Gasteiger partial charge in [-0.2, -0.15) is 0 Å². The van der Waals surface area contributed by atoms with E-state index in [9.17, 15) is 13.6 Å². The molecule has 1 aromatic carbocycles. The van der Waals surface area contributed by atoms with Crippen LogP contribution in [0.4, 0.5) is 8.78 Å². The summed E-state index contributed by atoms with van der Waals surface area (Å²) in [7, 11) is 0. The van der Waals surface area contributed by atoms with Crippen molar-refractivity contribution in [2.24, 2.45) is 5.73 Å². The van der Waals surface area contributed by atoms with Gasteiger partial charge in [0.25, 0.3) is 6.43 Å². The number of hydrogen-bond acceptors (Lipinski definition) is 1. The Morgan fingerprint density at radius 3 is 2.29 bits per heavy atom. The van der Waals surface area contributed by atoms with Crippen LogP contribution in [0.15, 0.2) is 30.3 Å². The van der Waals surface area contributed by atoms with Crippen molar-refractivity contribution < 1.29 is 13.6 Å². The number of alkyl halides is 2. The summed E-state index contributed by atoms with van der Waals surface area (Å²) >= 11 is 0. The number of nitrogens with two attached hydrogens (primary N) is 1. The fourth-order valence-corrected chi connectivity index (χ4v) is 0.931. The van der Waals surface area contributed by atoms with Crippen LogP contribution in [0.3, 0.4) is 0 Å². The lowest BCUT2D eigenvalue weighted by molar-refractivity contribution is -0.113. The molecule has 14 heavy (non-hydrogen) atoms. The smallest absolute Gasteiger partial charge is 0.263 e. The maximum atomic E-state index is 12.1. The number of hydrogen-bond donors (Lipinski definition) is 1. The Bertz CT molecular complexity index is 344. The van der Waals surface area contributed by atoms with E-state index in [-0.39, 0.29) is 5.56 Å². The minimum absolute atomic E-state index is 0.0405. The van der Waals surface area contributed by atoms with Crippen LogP contribution in [0, 0.1) is 0 Å². The van der Waals surface area contributed by atoms with Gasteiger partial charge in [0.15, 0.2) is 0 Å². The Balaban J connectivity index is 2.78. The van der Waals surface area contributed by atoms with Gasteiger partial charge in [-0.25, -0.2) is 8.78 Å². The van der Waals surface area contributed by atoms with Crippen molar-refractivity contribution in [3.63, 3.8) is 0 Å². The minimum atomic E-state index is -2.47. The Hall–Kier alpha value is -1.71. The molecular weight excluding hydrogens is 188 g/mol. The summed E-state index contributed by atoms with van der Waals surface area (Å²) in [5.41, 5.74) is 5.49. The minimum Gasteiger partial charge on any atom is -0.366 e. The largest absolute Gasteiger partial charge is 0.366 e. The lowest BCUT2D eigenvalue weighted by Crippen LogP contribution is -2.05. The van der Waals surface area contributed by atoms with Gasteiger partial charge in [-0.3, -0.25) is 4.79 Å². The SMILES string of the molecule is NC(=O)C=Cc1ccc(C(F)F)cc1. The third kappa shape index (κ3) is 2.97. The molecule has 0 saturated carbocycles. The maximum Gasteiger partial charge on any atom is 0.263 e. The topological polar surface area (TPSA) is 43.1 Å². The van der Waals surface area contributed by atoms with E-state index in [1.807, 2.05) is 0 Å². The van der Waals surface area contributed by atoms with Gasteiger partial charge < -0.3 is 5.73 Å². The van der Waals surface area contributed by atoms with Gasteiger partial charge in [-0.05, 0) is 11.6 Å². The van der Waals surface area contributed by atoms with E-state index in [1.165, 1.54) is 36.4 Å². The van der Waals surface area contributed by atoms with Crippen molar-refractivity contribution in [3.8, 4) is 0 Å². The molecule has 0 heterocycles. The third-order valence-electron chi connectivity index (χ3n) is 1.63. The second-order valence-electron chi connectivity index (χ2n) is 2.70. The van der Waals surface area contributed by atoms with E-state index >= 15 is 0 Å². The third-order valence-corrected chi connectivity index (χ3v) is 1.63. The summed E-state index contributed by atoms with van der Waals surface area (Å²) in [5.74, 6) is -0.567. The first-order valence-corrected chi connectivity index (χ1v) is 3.95.